The van der Waals surface area contributed by atoms with Crippen molar-refractivity contribution in [2.24, 2.45) is 17.6 Å². The molecule has 0 radical (unpaired) electrons. The molecule has 2 aliphatic rings. The number of fused-ring (bicyclic) bond motifs is 1. The Hall–Kier alpha value is -4.15. The van der Waals surface area contributed by atoms with Gasteiger partial charge in [0, 0.05) is 30.5 Å². The molecule has 236 valence electrons. The number of carbonyl (C=O) groups is 4. The number of nitrogens with one attached hydrogen (secondary N) is 1. The third kappa shape index (κ3) is 10.6. The third-order valence-electron chi connectivity index (χ3n) is 7.36. The number of hydrogen-bond acceptors (Lipinski definition) is 8. The van der Waals surface area contributed by atoms with Gasteiger partial charge in [-0.15, -0.1) is 0 Å². The Morgan fingerprint density at radius 2 is 1.79 bits per heavy atom. The average Bonchev–Trinajstić information content (AvgIpc) is 3.60. The smallest absolute Gasteiger partial charge is 0.354 e. The first-order valence-corrected chi connectivity index (χ1v) is 14.9. The zero-order chi connectivity index (χ0) is 31.9. The van der Waals surface area contributed by atoms with Crippen molar-refractivity contribution in [3.8, 4) is 5.75 Å². The van der Waals surface area contributed by atoms with E-state index in [0.29, 0.717) is 36.2 Å². The fourth-order valence-electron chi connectivity index (χ4n) is 4.98. The number of aromatic amines is 1. The molecule has 1 aliphatic heterocycles. The van der Waals surface area contributed by atoms with E-state index in [4.69, 9.17) is 10.5 Å². The standard InChI is InChI=1S/C19H30N2O4.C11H9NO4.C2H6/c1-25-19(24)15-13-14(15)9-6-4-2-3-5-7-11-17(22)21-12-8-10-16(21)18(20)23;1-16-11(15)9-5-10(14)7-3-2-6(13)4-8(7)12-9;1-2/h6,9,14-16H,2-5,7-8,10-13H2,1H3,(H2,20,23);2-5,13H,1H3,(H,12,14);1-2H3/b9-6-;;. The highest BCUT2D eigenvalue weighted by Gasteiger charge is 2.41. The lowest BCUT2D eigenvalue weighted by molar-refractivity contribution is -0.142. The number of hydrogen-bond donors (Lipinski definition) is 3. The summed E-state index contributed by atoms with van der Waals surface area (Å²) in [6.07, 6.45) is 12.3. The van der Waals surface area contributed by atoms with Gasteiger partial charge in [-0.1, -0.05) is 38.8 Å². The summed E-state index contributed by atoms with van der Waals surface area (Å²) in [5.41, 5.74) is 5.50. The number of amides is 2. The number of unbranched alkanes of at least 4 members (excludes halogenated alkanes) is 4. The van der Waals surface area contributed by atoms with Gasteiger partial charge >= 0.3 is 11.9 Å². The van der Waals surface area contributed by atoms with E-state index in [0.717, 1.165) is 44.9 Å². The molecule has 11 heteroatoms. The second-order valence-electron chi connectivity index (χ2n) is 10.3. The molecule has 2 fully saturated rings. The van der Waals surface area contributed by atoms with Crippen molar-refractivity contribution in [1.82, 2.24) is 9.88 Å². The predicted molar refractivity (Wildman–Crippen MR) is 163 cm³/mol. The van der Waals surface area contributed by atoms with Gasteiger partial charge in [-0.05, 0) is 56.6 Å². The van der Waals surface area contributed by atoms with Gasteiger partial charge in [0.2, 0.25) is 11.8 Å². The number of nitrogens with two attached hydrogens (primary N) is 1. The number of methoxy groups -OCH3 is 2. The number of esters is 2. The number of ether oxygens (including phenoxy) is 2. The number of likely N-dealkylation sites (tertiary alicyclic amines) is 1. The minimum Gasteiger partial charge on any atom is -0.508 e. The van der Waals surface area contributed by atoms with Crippen molar-refractivity contribution in [3.63, 3.8) is 0 Å². The van der Waals surface area contributed by atoms with E-state index >= 15 is 0 Å². The van der Waals surface area contributed by atoms with Crippen LogP contribution >= 0.6 is 0 Å². The van der Waals surface area contributed by atoms with Crippen LogP contribution in [0.15, 0.2) is 41.2 Å². The molecular formula is C32H45N3O8. The Bertz CT molecular complexity index is 1340. The van der Waals surface area contributed by atoms with E-state index in [2.05, 4.69) is 21.9 Å². The number of pyridine rings is 1. The minimum absolute atomic E-state index is 0.0187. The maximum absolute atomic E-state index is 12.2. The van der Waals surface area contributed by atoms with Gasteiger partial charge in [-0.3, -0.25) is 19.2 Å². The summed E-state index contributed by atoms with van der Waals surface area (Å²) < 4.78 is 9.22. The van der Waals surface area contributed by atoms with Crippen LogP contribution in [0.25, 0.3) is 10.9 Å². The molecule has 43 heavy (non-hydrogen) atoms. The molecule has 1 saturated heterocycles. The number of H-pyrrole nitrogens is 1. The normalized spacial score (nSPS) is 18.7. The number of primary amides is 1. The van der Waals surface area contributed by atoms with Gasteiger partial charge in [-0.25, -0.2) is 4.79 Å². The second-order valence-corrected chi connectivity index (χ2v) is 10.3. The van der Waals surface area contributed by atoms with Gasteiger partial charge in [0.1, 0.15) is 17.5 Å². The Labute approximate surface area is 252 Å². The zero-order valence-electron chi connectivity index (χ0n) is 25.6. The van der Waals surface area contributed by atoms with Crippen molar-refractivity contribution in [3.05, 3.63) is 52.3 Å². The Morgan fingerprint density at radius 3 is 2.47 bits per heavy atom. The van der Waals surface area contributed by atoms with Gasteiger partial charge in [0.05, 0.1) is 25.7 Å². The molecule has 3 unspecified atom stereocenters. The fraction of sp³-hybridized carbons (Fsp3) is 0.531. The van der Waals surface area contributed by atoms with Gasteiger partial charge < -0.3 is 30.2 Å². The number of nitrogens with zero attached hydrogens (tertiary/aromatic N) is 1. The lowest BCUT2D eigenvalue weighted by Crippen LogP contribution is -2.43. The molecule has 0 bridgehead atoms. The van der Waals surface area contributed by atoms with Crippen molar-refractivity contribution in [1.29, 1.82) is 0 Å². The number of allylic oxidation sites excluding steroid dienone is 2. The Balaban J connectivity index is 0.000000308. The number of rotatable bonds is 11. The quantitative estimate of drug-likeness (QED) is 0.196. The second kappa shape index (κ2) is 17.7. The molecule has 11 nitrogen and oxygen atoms in total. The number of benzene rings is 1. The maximum Gasteiger partial charge on any atom is 0.354 e. The molecule has 1 saturated carbocycles. The number of aromatic hydroxyl groups is 1. The van der Waals surface area contributed by atoms with Crippen LogP contribution in [0.4, 0.5) is 0 Å². The first kappa shape index (κ1) is 35.0. The third-order valence-corrected chi connectivity index (χ3v) is 7.36. The van der Waals surface area contributed by atoms with Crippen molar-refractivity contribution in [2.45, 2.75) is 77.7 Å². The van der Waals surface area contributed by atoms with E-state index in [1.165, 1.54) is 38.5 Å². The Morgan fingerprint density at radius 1 is 1.07 bits per heavy atom. The highest BCUT2D eigenvalue weighted by Crippen LogP contribution is 2.40. The molecule has 4 rings (SSSR count). The molecule has 4 N–H and O–H groups in total. The van der Waals surface area contributed by atoms with Gasteiger partial charge in [0.15, 0.2) is 5.43 Å². The highest BCUT2D eigenvalue weighted by atomic mass is 16.5. The van der Waals surface area contributed by atoms with E-state index in [1.807, 2.05) is 13.8 Å². The largest absolute Gasteiger partial charge is 0.508 e. The summed E-state index contributed by atoms with van der Waals surface area (Å²) in [7, 11) is 2.66. The average molecular weight is 600 g/mol. The Kier molecular flexibility index (Phi) is 14.4. The maximum atomic E-state index is 12.2. The molecular weight excluding hydrogens is 554 g/mol. The molecule has 1 aromatic carbocycles. The number of phenolic OH excluding ortho intramolecular Hbond substituents is 1. The highest BCUT2D eigenvalue weighted by molar-refractivity contribution is 5.91. The molecule has 2 amide bonds. The lowest BCUT2D eigenvalue weighted by Gasteiger charge is -2.22. The topological polar surface area (TPSA) is 169 Å². The number of carbonyl (C=O) groups excluding carboxylic acids is 4. The van der Waals surface area contributed by atoms with Crippen molar-refractivity contribution >= 4 is 34.7 Å². The van der Waals surface area contributed by atoms with Crippen molar-refractivity contribution in [2.75, 3.05) is 20.8 Å². The first-order chi connectivity index (χ1) is 20.7. The summed E-state index contributed by atoms with van der Waals surface area (Å²) in [5, 5.41) is 9.68. The van der Waals surface area contributed by atoms with Crippen LogP contribution in [0.1, 0.15) is 82.1 Å². The monoisotopic (exact) mass is 599 g/mol. The van der Waals surface area contributed by atoms with E-state index < -0.39 is 12.0 Å². The minimum atomic E-state index is -0.623. The van der Waals surface area contributed by atoms with Gasteiger partial charge in [0.25, 0.3) is 0 Å². The van der Waals surface area contributed by atoms with Crippen LogP contribution in [0.3, 0.4) is 0 Å². The van der Waals surface area contributed by atoms with Gasteiger partial charge in [-0.2, -0.15) is 0 Å². The van der Waals surface area contributed by atoms with Crippen LogP contribution in [0.5, 0.6) is 5.75 Å². The van der Waals surface area contributed by atoms with Crippen LogP contribution in [0, 0.1) is 11.8 Å². The number of aromatic nitrogens is 1. The molecule has 2 aromatic rings. The van der Waals surface area contributed by atoms with Crippen LogP contribution in [-0.2, 0) is 23.9 Å². The molecule has 3 atom stereocenters. The summed E-state index contributed by atoms with van der Waals surface area (Å²) in [6.45, 7) is 4.66. The zero-order valence-corrected chi connectivity index (χ0v) is 25.6. The molecule has 1 aliphatic carbocycles. The van der Waals surface area contributed by atoms with E-state index in [9.17, 15) is 29.1 Å². The molecule has 2 heterocycles. The SMILES string of the molecule is CC.COC(=O)C1CC1/C=C\CCCCCCC(=O)N1CCCC1C(N)=O.COC(=O)c1cc(=O)c2ccc(O)cc2[nH]1. The molecule has 0 spiro atoms. The van der Waals surface area contributed by atoms with E-state index in [1.54, 1.807) is 4.90 Å². The summed E-state index contributed by atoms with van der Waals surface area (Å²) >= 11 is 0. The van der Waals surface area contributed by atoms with E-state index in [-0.39, 0.29) is 40.6 Å². The summed E-state index contributed by atoms with van der Waals surface area (Å²) in [4.78, 5) is 62.0. The van der Waals surface area contributed by atoms with Crippen LogP contribution in [-0.4, -0.2) is 65.5 Å². The lowest BCUT2D eigenvalue weighted by atomic mass is 10.1. The summed E-state index contributed by atoms with van der Waals surface area (Å²) in [6, 6.07) is 5.06. The summed E-state index contributed by atoms with van der Waals surface area (Å²) in [5.74, 6) is -0.597. The number of phenols is 1. The van der Waals surface area contributed by atoms with Crippen LogP contribution < -0.4 is 11.2 Å². The fourth-order valence-corrected chi connectivity index (χ4v) is 4.98. The predicted octanol–water partition coefficient (Wildman–Crippen LogP) is 4.22. The van der Waals surface area contributed by atoms with Crippen molar-refractivity contribution < 1.29 is 33.8 Å². The van der Waals surface area contributed by atoms with Crippen LogP contribution in [0.2, 0.25) is 0 Å². The molecule has 1 aromatic heterocycles. The first-order valence-electron chi connectivity index (χ1n) is 14.9.